The maximum atomic E-state index is 12.9. The number of anilines is 1. The van der Waals surface area contributed by atoms with Gasteiger partial charge in [-0.15, -0.1) is 0 Å². The Balaban J connectivity index is 1.57. The Morgan fingerprint density at radius 2 is 1.78 bits per heavy atom. The molecule has 0 bridgehead atoms. The lowest BCUT2D eigenvalue weighted by Crippen LogP contribution is -2.45. The highest BCUT2D eigenvalue weighted by Crippen LogP contribution is 2.41. The molecule has 0 spiro atoms. The summed E-state index contributed by atoms with van der Waals surface area (Å²) in [6.45, 7) is 2.12. The SMILES string of the molecule is CC1Cc2ccccc2N1C(=O)NC(c1ccccc1)C1CC1. The third kappa shape index (κ3) is 2.72. The first-order chi connectivity index (χ1) is 11.2. The number of carbonyl (C=O) groups is 1. The average molecular weight is 306 g/mol. The Labute approximate surface area is 137 Å². The summed E-state index contributed by atoms with van der Waals surface area (Å²) in [5.41, 5.74) is 3.53. The van der Waals surface area contributed by atoms with Crippen LogP contribution in [0.1, 0.15) is 36.9 Å². The van der Waals surface area contributed by atoms with Gasteiger partial charge in [0.15, 0.2) is 0 Å². The molecule has 3 nitrogen and oxygen atoms in total. The van der Waals surface area contributed by atoms with Gasteiger partial charge in [0.05, 0.1) is 6.04 Å². The van der Waals surface area contributed by atoms with Crippen molar-refractivity contribution in [3.05, 3.63) is 65.7 Å². The molecule has 1 aliphatic heterocycles. The average Bonchev–Trinajstić information content (AvgIpc) is 3.35. The number of nitrogens with zero attached hydrogens (tertiary/aromatic N) is 1. The van der Waals surface area contributed by atoms with Gasteiger partial charge in [-0.05, 0) is 49.3 Å². The van der Waals surface area contributed by atoms with Gasteiger partial charge in [0.1, 0.15) is 0 Å². The molecule has 2 aromatic carbocycles. The van der Waals surface area contributed by atoms with Gasteiger partial charge in [-0.1, -0.05) is 48.5 Å². The van der Waals surface area contributed by atoms with E-state index in [-0.39, 0.29) is 18.1 Å². The van der Waals surface area contributed by atoms with Crippen LogP contribution in [0.3, 0.4) is 0 Å². The zero-order chi connectivity index (χ0) is 15.8. The van der Waals surface area contributed by atoms with E-state index in [1.165, 1.54) is 24.0 Å². The molecule has 1 aliphatic carbocycles. The Kier molecular flexibility index (Phi) is 3.56. The summed E-state index contributed by atoms with van der Waals surface area (Å²) in [5, 5.41) is 3.30. The van der Waals surface area contributed by atoms with Crippen molar-refractivity contribution in [2.45, 2.75) is 38.3 Å². The van der Waals surface area contributed by atoms with E-state index in [1.54, 1.807) is 0 Å². The summed E-state index contributed by atoms with van der Waals surface area (Å²) < 4.78 is 0. The summed E-state index contributed by atoms with van der Waals surface area (Å²) in [7, 11) is 0. The lowest BCUT2D eigenvalue weighted by atomic mass is 10.0. The van der Waals surface area contributed by atoms with Gasteiger partial charge in [-0.25, -0.2) is 4.79 Å². The van der Waals surface area contributed by atoms with Crippen molar-refractivity contribution in [3.8, 4) is 0 Å². The third-order valence-corrected chi connectivity index (χ3v) is 4.96. The van der Waals surface area contributed by atoms with Crippen LogP contribution >= 0.6 is 0 Å². The quantitative estimate of drug-likeness (QED) is 0.901. The fraction of sp³-hybridized carbons (Fsp3) is 0.350. The van der Waals surface area contributed by atoms with Gasteiger partial charge in [0.25, 0.3) is 0 Å². The van der Waals surface area contributed by atoms with E-state index in [9.17, 15) is 4.79 Å². The number of para-hydroxylation sites is 1. The van der Waals surface area contributed by atoms with Crippen LogP contribution in [0.25, 0.3) is 0 Å². The molecule has 4 rings (SSSR count). The number of hydrogen-bond acceptors (Lipinski definition) is 1. The standard InChI is InChI=1S/C20H22N2O/c1-14-13-17-9-5-6-10-18(17)22(14)20(23)21-19(16-11-12-16)15-7-3-2-4-8-15/h2-10,14,16,19H,11-13H2,1H3,(H,21,23). The Morgan fingerprint density at radius 3 is 2.52 bits per heavy atom. The summed E-state index contributed by atoms with van der Waals surface area (Å²) in [4.78, 5) is 14.9. The van der Waals surface area contributed by atoms with Crippen LogP contribution in [-0.4, -0.2) is 12.1 Å². The molecule has 2 atom stereocenters. The van der Waals surface area contributed by atoms with E-state index < -0.39 is 0 Å². The predicted molar refractivity (Wildman–Crippen MR) is 92.5 cm³/mol. The van der Waals surface area contributed by atoms with Crippen molar-refractivity contribution in [2.75, 3.05) is 4.90 Å². The number of fused-ring (bicyclic) bond motifs is 1. The first-order valence-corrected chi connectivity index (χ1v) is 8.46. The molecule has 0 saturated heterocycles. The smallest absolute Gasteiger partial charge is 0.322 e. The molecular formula is C20H22N2O. The van der Waals surface area contributed by atoms with Crippen LogP contribution in [-0.2, 0) is 6.42 Å². The normalized spacial score (nSPS) is 20.9. The number of nitrogens with one attached hydrogen (secondary N) is 1. The van der Waals surface area contributed by atoms with Crippen molar-refractivity contribution in [1.82, 2.24) is 5.32 Å². The topological polar surface area (TPSA) is 32.3 Å². The van der Waals surface area contributed by atoms with Crippen molar-refractivity contribution >= 4 is 11.7 Å². The van der Waals surface area contributed by atoms with E-state index in [0.29, 0.717) is 5.92 Å². The van der Waals surface area contributed by atoms with Crippen LogP contribution in [0, 0.1) is 5.92 Å². The fourth-order valence-electron chi connectivity index (χ4n) is 3.64. The minimum Gasteiger partial charge on any atom is -0.331 e. The molecule has 2 unspecified atom stereocenters. The van der Waals surface area contributed by atoms with Gasteiger partial charge >= 0.3 is 6.03 Å². The first kappa shape index (κ1) is 14.3. The van der Waals surface area contributed by atoms with E-state index >= 15 is 0 Å². The minimum absolute atomic E-state index is 0.0307. The molecule has 2 aromatic rings. The fourth-order valence-corrected chi connectivity index (χ4v) is 3.64. The van der Waals surface area contributed by atoms with E-state index in [1.807, 2.05) is 41.3 Å². The van der Waals surface area contributed by atoms with E-state index in [0.717, 1.165) is 12.1 Å². The van der Waals surface area contributed by atoms with Crippen LogP contribution in [0.4, 0.5) is 10.5 Å². The zero-order valence-electron chi connectivity index (χ0n) is 13.4. The number of hydrogen-bond donors (Lipinski definition) is 1. The van der Waals surface area contributed by atoms with Crippen LogP contribution in [0.2, 0.25) is 0 Å². The highest BCUT2D eigenvalue weighted by Gasteiger charge is 2.37. The Hall–Kier alpha value is -2.29. The number of urea groups is 1. The molecule has 1 saturated carbocycles. The Bertz CT molecular complexity index is 709. The first-order valence-electron chi connectivity index (χ1n) is 8.46. The molecule has 1 heterocycles. The van der Waals surface area contributed by atoms with Crippen molar-refractivity contribution in [1.29, 1.82) is 0 Å². The molecule has 23 heavy (non-hydrogen) atoms. The molecule has 118 valence electrons. The molecule has 0 radical (unpaired) electrons. The zero-order valence-corrected chi connectivity index (χ0v) is 13.4. The van der Waals surface area contributed by atoms with Crippen LogP contribution < -0.4 is 10.2 Å². The van der Waals surface area contributed by atoms with Crippen LogP contribution in [0.5, 0.6) is 0 Å². The maximum Gasteiger partial charge on any atom is 0.322 e. The summed E-state index contributed by atoms with van der Waals surface area (Å²) in [6, 6.07) is 18.9. The van der Waals surface area contributed by atoms with E-state index in [4.69, 9.17) is 0 Å². The lowest BCUT2D eigenvalue weighted by Gasteiger charge is -2.27. The molecular weight excluding hydrogens is 284 g/mol. The van der Waals surface area contributed by atoms with Gasteiger partial charge in [-0.3, -0.25) is 4.90 Å². The third-order valence-electron chi connectivity index (χ3n) is 4.96. The number of carbonyl (C=O) groups excluding carboxylic acids is 1. The minimum atomic E-state index is 0.0307. The molecule has 2 amide bonds. The molecule has 1 N–H and O–H groups in total. The van der Waals surface area contributed by atoms with Gasteiger partial charge in [0, 0.05) is 11.7 Å². The van der Waals surface area contributed by atoms with Crippen molar-refractivity contribution < 1.29 is 4.79 Å². The monoisotopic (exact) mass is 306 g/mol. The second kappa shape index (κ2) is 5.73. The number of amides is 2. The van der Waals surface area contributed by atoms with Crippen molar-refractivity contribution in [2.24, 2.45) is 5.92 Å². The lowest BCUT2D eigenvalue weighted by molar-refractivity contribution is 0.240. The van der Waals surface area contributed by atoms with Gasteiger partial charge in [0.2, 0.25) is 0 Å². The summed E-state index contributed by atoms with van der Waals surface area (Å²) in [6.07, 6.45) is 3.33. The molecule has 0 aromatic heterocycles. The predicted octanol–water partition coefficient (Wildman–Crippen LogP) is 4.30. The highest BCUT2D eigenvalue weighted by atomic mass is 16.2. The molecule has 2 aliphatic rings. The maximum absolute atomic E-state index is 12.9. The van der Waals surface area contributed by atoms with Gasteiger partial charge < -0.3 is 5.32 Å². The molecule has 1 fully saturated rings. The summed E-state index contributed by atoms with van der Waals surface area (Å²) >= 11 is 0. The second-order valence-corrected chi connectivity index (χ2v) is 6.73. The second-order valence-electron chi connectivity index (χ2n) is 6.73. The number of benzene rings is 2. The largest absolute Gasteiger partial charge is 0.331 e. The van der Waals surface area contributed by atoms with E-state index in [2.05, 4.69) is 30.4 Å². The van der Waals surface area contributed by atoms with Crippen LogP contribution in [0.15, 0.2) is 54.6 Å². The van der Waals surface area contributed by atoms with Crippen molar-refractivity contribution in [3.63, 3.8) is 0 Å². The van der Waals surface area contributed by atoms with Gasteiger partial charge in [-0.2, -0.15) is 0 Å². The number of rotatable bonds is 3. The molecule has 3 heteroatoms. The Morgan fingerprint density at radius 1 is 1.09 bits per heavy atom. The highest BCUT2D eigenvalue weighted by molar-refractivity contribution is 5.95. The summed E-state index contributed by atoms with van der Waals surface area (Å²) in [5.74, 6) is 0.578.